The van der Waals surface area contributed by atoms with Gasteiger partial charge in [0.25, 0.3) is 5.91 Å². The zero-order valence-electron chi connectivity index (χ0n) is 10.4. The van der Waals surface area contributed by atoms with Gasteiger partial charge in [-0.25, -0.2) is 0 Å². The van der Waals surface area contributed by atoms with Crippen LogP contribution in [-0.2, 0) is 0 Å². The highest BCUT2D eigenvalue weighted by Gasteiger charge is 2.05. The van der Waals surface area contributed by atoms with Gasteiger partial charge in [0.1, 0.15) is 0 Å². The van der Waals surface area contributed by atoms with E-state index in [1.807, 2.05) is 24.3 Å². The summed E-state index contributed by atoms with van der Waals surface area (Å²) in [5.41, 5.74) is 0.727. The monoisotopic (exact) mass is 348 g/mol. The number of benzene rings is 1. The van der Waals surface area contributed by atoms with E-state index in [0.29, 0.717) is 6.54 Å². The average molecular weight is 348 g/mol. The average Bonchev–Trinajstić information content (AvgIpc) is 2.35. The lowest BCUT2D eigenvalue weighted by molar-refractivity contribution is 0.0949. The van der Waals surface area contributed by atoms with Gasteiger partial charge in [0.15, 0.2) is 0 Å². The summed E-state index contributed by atoms with van der Waals surface area (Å²) in [7, 11) is 0. The largest absolute Gasteiger partial charge is 0.351 e. The van der Waals surface area contributed by atoms with E-state index in [0.717, 1.165) is 28.8 Å². The Morgan fingerprint density at radius 3 is 2.35 bits per heavy atom. The van der Waals surface area contributed by atoms with Crippen LogP contribution in [0.2, 0.25) is 0 Å². The van der Waals surface area contributed by atoms with E-state index >= 15 is 0 Å². The molecule has 94 valence electrons. The van der Waals surface area contributed by atoms with Gasteiger partial charge in [-0.3, -0.25) is 4.79 Å². The predicted octanol–water partition coefficient (Wildman–Crippen LogP) is 2.36. The van der Waals surface area contributed by atoms with Gasteiger partial charge in [0, 0.05) is 22.2 Å². The molecule has 0 atom stereocenters. The van der Waals surface area contributed by atoms with E-state index in [2.05, 4.69) is 46.7 Å². The van der Waals surface area contributed by atoms with Crippen LogP contribution < -0.4 is 5.32 Å². The molecule has 0 heterocycles. The van der Waals surface area contributed by atoms with Crippen molar-refractivity contribution >= 4 is 28.5 Å². The Morgan fingerprint density at radius 2 is 1.82 bits per heavy atom. The molecule has 0 bridgehead atoms. The number of amides is 1. The standard InChI is InChI=1S/C13H19IN2O/c1-3-16(4-2)10-9-15-13(17)11-5-7-12(14)8-6-11/h5-8H,3-4,9-10H2,1-2H3,(H,15,17)/i13+2. The third-order valence-electron chi connectivity index (χ3n) is 2.71. The van der Waals surface area contributed by atoms with Gasteiger partial charge in [-0.1, -0.05) is 13.8 Å². The van der Waals surface area contributed by atoms with Crippen molar-refractivity contribution in [3.63, 3.8) is 0 Å². The fourth-order valence-corrected chi connectivity index (χ4v) is 1.93. The van der Waals surface area contributed by atoms with E-state index in [-0.39, 0.29) is 5.91 Å². The Labute approximate surface area is 117 Å². The number of likely N-dealkylation sites (N-methyl/N-ethyl adjacent to an activating group) is 1. The normalized spacial score (nSPS) is 10.6. The second kappa shape index (κ2) is 7.66. The molecule has 1 rings (SSSR count). The fraction of sp³-hybridized carbons (Fsp3) is 0.462. The van der Waals surface area contributed by atoms with Crippen molar-refractivity contribution in [2.45, 2.75) is 13.8 Å². The molecule has 17 heavy (non-hydrogen) atoms. The summed E-state index contributed by atoms with van der Waals surface area (Å²) in [4.78, 5) is 14.1. The molecular weight excluding hydrogens is 329 g/mol. The number of carbonyl (C=O) groups excluding carboxylic acids is 1. The molecule has 0 aliphatic rings. The number of nitrogens with one attached hydrogen (secondary N) is 1. The lowest BCUT2D eigenvalue weighted by atomic mass is 10.3. The quantitative estimate of drug-likeness (QED) is 0.801. The number of halogens is 1. The molecule has 0 aromatic heterocycles. The Kier molecular flexibility index (Phi) is 6.50. The van der Waals surface area contributed by atoms with E-state index < -0.39 is 0 Å². The van der Waals surface area contributed by atoms with Gasteiger partial charge in [0.05, 0.1) is 0 Å². The van der Waals surface area contributed by atoms with E-state index in [1.54, 1.807) is 0 Å². The molecular formula is C13H19IN2O. The van der Waals surface area contributed by atoms with E-state index in [1.165, 1.54) is 0 Å². The third kappa shape index (κ3) is 5.04. The molecule has 0 aliphatic carbocycles. The van der Waals surface area contributed by atoms with Gasteiger partial charge in [-0.05, 0) is 59.9 Å². The van der Waals surface area contributed by atoms with Crippen molar-refractivity contribution in [1.82, 2.24) is 10.2 Å². The third-order valence-corrected chi connectivity index (χ3v) is 3.43. The minimum atomic E-state index is 0.00792. The lowest BCUT2D eigenvalue weighted by Gasteiger charge is -2.17. The van der Waals surface area contributed by atoms with Crippen LogP contribution in [0.1, 0.15) is 24.2 Å². The Morgan fingerprint density at radius 1 is 1.24 bits per heavy atom. The van der Waals surface area contributed by atoms with Crippen molar-refractivity contribution in [1.29, 1.82) is 0 Å². The van der Waals surface area contributed by atoms with Crippen LogP contribution in [0.5, 0.6) is 0 Å². The maximum absolute atomic E-state index is 11.8. The smallest absolute Gasteiger partial charge is 0.251 e. The Balaban J connectivity index is 2.37. The zero-order chi connectivity index (χ0) is 12.7. The van der Waals surface area contributed by atoms with Crippen molar-refractivity contribution < 1.29 is 4.79 Å². The van der Waals surface area contributed by atoms with Crippen LogP contribution in [0, 0.1) is 3.57 Å². The molecule has 0 fully saturated rings. The first-order valence-electron chi connectivity index (χ1n) is 5.93. The molecule has 0 unspecified atom stereocenters. The van der Waals surface area contributed by atoms with Crippen molar-refractivity contribution in [3.05, 3.63) is 33.4 Å². The number of rotatable bonds is 6. The maximum atomic E-state index is 11.8. The molecule has 0 aliphatic heterocycles. The summed E-state index contributed by atoms with van der Waals surface area (Å²) in [6.07, 6.45) is 0. The second-order valence-electron chi connectivity index (χ2n) is 3.79. The van der Waals surface area contributed by atoms with Crippen LogP contribution in [0.25, 0.3) is 0 Å². The minimum Gasteiger partial charge on any atom is -0.351 e. The summed E-state index contributed by atoms with van der Waals surface area (Å²) in [6, 6.07) is 7.60. The number of hydrogen-bond donors (Lipinski definition) is 1. The van der Waals surface area contributed by atoms with Crippen LogP contribution in [0.15, 0.2) is 24.3 Å². The molecule has 1 amide bonds. The van der Waals surface area contributed by atoms with Crippen LogP contribution in [0.4, 0.5) is 0 Å². The van der Waals surface area contributed by atoms with Crippen molar-refractivity contribution in [2.75, 3.05) is 26.2 Å². The first kappa shape index (κ1) is 14.4. The molecule has 0 saturated heterocycles. The molecule has 0 radical (unpaired) electrons. The highest BCUT2D eigenvalue weighted by Crippen LogP contribution is 2.06. The van der Waals surface area contributed by atoms with Gasteiger partial charge < -0.3 is 10.2 Å². The van der Waals surface area contributed by atoms with Crippen LogP contribution in [0.3, 0.4) is 0 Å². The summed E-state index contributed by atoms with van der Waals surface area (Å²) in [6.45, 7) is 7.91. The number of hydrogen-bond acceptors (Lipinski definition) is 2. The van der Waals surface area contributed by atoms with Crippen LogP contribution >= 0.6 is 22.6 Å². The SMILES string of the molecule is CCN(CC)CCN[14C](=O)c1ccc(I)cc1. The molecule has 3 nitrogen and oxygen atoms in total. The topological polar surface area (TPSA) is 32.3 Å². The molecule has 1 aromatic rings. The summed E-state index contributed by atoms with van der Waals surface area (Å²) in [5.74, 6) is 0.00792. The maximum Gasteiger partial charge on any atom is 0.251 e. The van der Waals surface area contributed by atoms with Crippen molar-refractivity contribution in [3.8, 4) is 0 Å². The number of carbonyl (C=O) groups is 1. The van der Waals surface area contributed by atoms with E-state index in [4.69, 9.17) is 0 Å². The van der Waals surface area contributed by atoms with E-state index in [9.17, 15) is 4.79 Å². The Bertz CT molecular complexity index is 347. The molecule has 0 spiro atoms. The molecule has 1 aromatic carbocycles. The minimum absolute atomic E-state index is 0.00792. The summed E-state index contributed by atoms with van der Waals surface area (Å²) >= 11 is 2.23. The second-order valence-corrected chi connectivity index (χ2v) is 5.04. The summed E-state index contributed by atoms with van der Waals surface area (Å²) < 4.78 is 1.14. The van der Waals surface area contributed by atoms with Gasteiger partial charge in [-0.2, -0.15) is 0 Å². The molecule has 1 N–H and O–H groups in total. The first-order valence-corrected chi connectivity index (χ1v) is 7.01. The summed E-state index contributed by atoms with van der Waals surface area (Å²) in [5, 5.41) is 2.93. The highest BCUT2D eigenvalue weighted by molar-refractivity contribution is 14.1. The van der Waals surface area contributed by atoms with Crippen LogP contribution in [-0.4, -0.2) is 37.0 Å². The first-order chi connectivity index (χ1) is 8.17. The lowest BCUT2D eigenvalue weighted by Crippen LogP contribution is -2.34. The number of nitrogens with zero attached hydrogens (tertiary/aromatic N) is 1. The molecule has 4 heteroatoms. The zero-order valence-corrected chi connectivity index (χ0v) is 12.5. The van der Waals surface area contributed by atoms with Gasteiger partial charge in [-0.15, -0.1) is 0 Å². The van der Waals surface area contributed by atoms with Gasteiger partial charge in [0.2, 0.25) is 0 Å². The predicted molar refractivity (Wildman–Crippen MR) is 79.3 cm³/mol. The van der Waals surface area contributed by atoms with Crippen molar-refractivity contribution in [2.24, 2.45) is 0 Å². The Hall–Kier alpha value is -0.620. The highest BCUT2D eigenvalue weighted by atomic mass is 127. The van der Waals surface area contributed by atoms with Gasteiger partial charge >= 0.3 is 0 Å². The molecule has 0 saturated carbocycles. The fourth-order valence-electron chi connectivity index (χ4n) is 1.57.